The Hall–Kier alpha value is -2.13. The van der Waals surface area contributed by atoms with Gasteiger partial charge in [0, 0.05) is 5.69 Å². The van der Waals surface area contributed by atoms with Crippen molar-refractivity contribution in [1.29, 1.82) is 0 Å². The number of nitrogens with one attached hydrogen (secondary N) is 2. The van der Waals surface area contributed by atoms with E-state index in [9.17, 15) is 10.0 Å². The van der Waals surface area contributed by atoms with Gasteiger partial charge in [-0.15, -0.1) is 0 Å². The van der Waals surface area contributed by atoms with E-state index < -0.39 is 11.2 Å². The standard InChI is InChI=1S/C13H15N3O4S/c1-2-20-13(17)9-10(14)12(16(18)19)21-11(9)15-8-6-4-3-5-7-8/h3-7,15-16,18H,2,14H2,1H3. The van der Waals surface area contributed by atoms with Crippen LogP contribution in [-0.2, 0) is 4.74 Å². The second kappa shape index (κ2) is 6.55. The smallest absolute Gasteiger partial charge is 0.343 e. The highest BCUT2D eigenvalue weighted by molar-refractivity contribution is 7.20. The second-order valence-electron chi connectivity index (χ2n) is 4.07. The summed E-state index contributed by atoms with van der Waals surface area (Å²) in [4.78, 5) is 12.0. The quantitative estimate of drug-likeness (QED) is 0.493. The molecule has 2 rings (SSSR count). The molecule has 0 aliphatic carbocycles. The molecular weight excluding hydrogens is 294 g/mol. The maximum absolute atomic E-state index is 12.0. The first kappa shape index (κ1) is 15.3. The molecule has 1 atom stereocenters. The topological polar surface area (TPSA) is 112 Å². The van der Waals surface area contributed by atoms with Gasteiger partial charge in [0.15, 0.2) is 0 Å². The third-order valence-electron chi connectivity index (χ3n) is 2.65. The van der Waals surface area contributed by atoms with Crippen LogP contribution < -0.4 is 16.3 Å². The molecule has 0 aliphatic rings. The van der Waals surface area contributed by atoms with E-state index >= 15 is 0 Å². The van der Waals surface area contributed by atoms with E-state index in [0.29, 0.717) is 5.00 Å². The number of carbonyl (C=O) groups is 1. The minimum atomic E-state index is -1.18. The van der Waals surface area contributed by atoms with Gasteiger partial charge in [0.1, 0.15) is 16.3 Å². The van der Waals surface area contributed by atoms with Gasteiger partial charge in [0.05, 0.1) is 6.61 Å². The van der Waals surface area contributed by atoms with Crippen molar-refractivity contribution in [1.82, 2.24) is 0 Å². The SMILES string of the molecule is CCOC(=O)c1c(Nc2ccccc2)sc([NH+]([O-])O)c1N. The van der Waals surface area contributed by atoms with Crippen molar-refractivity contribution in [2.75, 3.05) is 17.7 Å². The molecule has 0 fully saturated rings. The van der Waals surface area contributed by atoms with E-state index in [0.717, 1.165) is 17.0 Å². The van der Waals surface area contributed by atoms with E-state index in [1.165, 1.54) is 0 Å². The molecule has 1 aromatic carbocycles. The van der Waals surface area contributed by atoms with Gasteiger partial charge < -0.3 is 21.0 Å². The monoisotopic (exact) mass is 309 g/mol. The van der Waals surface area contributed by atoms with Crippen LogP contribution in [0.5, 0.6) is 0 Å². The highest BCUT2D eigenvalue weighted by Crippen LogP contribution is 2.39. The van der Waals surface area contributed by atoms with Crippen molar-refractivity contribution in [3.63, 3.8) is 0 Å². The summed E-state index contributed by atoms with van der Waals surface area (Å²) >= 11 is 0.907. The maximum Gasteiger partial charge on any atom is 0.343 e. The zero-order chi connectivity index (χ0) is 15.4. The Balaban J connectivity index is 2.43. The Morgan fingerprint density at radius 1 is 1.48 bits per heavy atom. The number of thiophene rings is 1. The Kier molecular flexibility index (Phi) is 4.76. The number of benzene rings is 1. The second-order valence-corrected chi connectivity index (χ2v) is 5.09. The molecular formula is C13H15N3O4S. The number of para-hydroxylation sites is 1. The molecule has 0 amide bonds. The number of hydrogen-bond donors (Lipinski definition) is 4. The fourth-order valence-corrected chi connectivity index (χ4v) is 2.72. The number of quaternary nitrogens is 1. The number of rotatable bonds is 5. The van der Waals surface area contributed by atoms with Crippen LogP contribution >= 0.6 is 11.3 Å². The number of ether oxygens (including phenoxy) is 1. The molecule has 1 heterocycles. The van der Waals surface area contributed by atoms with Crippen LogP contribution in [0.4, 0.5) is 21.4 Å². The summed E-state index contributed by atoms with van der Waals surface area (Å²) in [5.74, 6) is -0.641. The van der Waals surface area contributed by atoms with Crippen LogP contribution in [0.25, 0.3) is 0 Å². The van der Waals surface area contributed by atoms with E-state index in [1.54, 1.807) is 19.1 Å². The molecule has 0 bridgehead atoms. The Labute approximate surface area is 125 Å². The Morgan fingerprint density at radius 3 is 2.71 bits per heavy atom. The predicted octanol–water partition coefficient (Wildman–Crippen LogP) is 1.65. The third-order valence-corrected chi connectivity index (χ3v) is 3.76. The fourth-order valence-electron chi connectivity index (χ4n) is 1.75. The lowest BCUT2D eigenvalue weighted by Crippen LogP contribution is -2.98. The molecule has 5 N–H and O–H groups in total. The van der Waals surface area contributed by atoms with Gasteiger partial charge in [-0.05, 0) is 19.1 Å². The first-order valence-corrected chi connectivity index (χ1v) is 7.01. The van der Waals surface area contributed by atoms with Gasteiger partial charge in [0.25, 0.3) is 0 Å². The Bertz CT molecular complexity index is 628. The lowest BCUT2D eigenvalue weighted by molar-refractivity contribution is -0.988. The fraction of sp³-hybridized carbons (Fsp3) is 0.154. The zero-order valence-corrected chi connectivity index (χ0v) is 12.1. The largest absolute Gasteiger partial charge is 0.594 e. The van der Waals surface area contributed by atoms with E-state index in [-0.39, 0.29) is 22.9 Å². The summed E-state index contributed by atoms with van der Waals surface area (Å²) in [7, 11) is 0. The first-order valence-electron chi connectivity index (χ1n) is 6.19. The molecule has 0 radical (unpaired) electrons. The highest BCUT2D eigenvalue weighted by atomic mass is 32.1. The summed E-state index contributed by atoms with van der Waals surface area (Å²) in [6.07, 6.45) is 0. The molecule has 21 heavy (non-hydrogen) atoms. The van der Waals surface area contributed by atoms with Gasteiger partial charge in [0.2, 0.25) is 5.00 Å². The minimum Gasteiger partial charge on any atom is -0.594 e. The lowest BCUT2D eigenvalue weighted by Gasteiger charge is -2.09. The number of hydrogen-bond acceptors (Lipinski definition) is 7. The summed E-state index contributed by atoms with van der Waals surface area (Å²) in [5, 5.41) is 22.4. The summed E-state index contributed by atoms with van der Waals surface area (Å²) in [6.45, 7) is 1.85. The molecule has 0 spiro atoms. The van der Waals surface area contributed by atoms with Crippen LogP contribution in [-0.4, -0.2) is 17.8 Å². The molecule has 1 aromatic heterocycles. The van der Waals surface area contributed by atoms with Crippen molar-refractivity contribution in [2.45, 2.75) is 6.92 Å². The minimum absolute atomic E-state index is 0.0584. The van der Waals surface area contributed by atoms with Crippen molar-refractivity contribution in [3.05, 3.63) is 41.1 Å². The average molecular weight is 309 g/mol. The molecule has 0 saturated carbocycles. The summed E-state index contributed by atoms with van der Waals surface area (Å²) < 4.78 is 4.94. The third kappa shape index (κ3) is 3.31. The van der Waals surface area contributed by atoms with E-state index in [2.05, 4.69) is 5.32 Å². The van der Waals surface area contributed by atoms with Crippen molar-refractivity contribution < 1.29 is 20.0 Å². The van der Waals surface area contributed by atoms with Crippen molar-refractivity contribution in [2.24, 2.45) is 0 Å². The molecule has 2 aromatic rings. The zero-order valence-electron chi connectivity index (χ0n) is 11.3. The van der Waals surface area contributed by atoms with Gasteiger partial charge in [-0.1, -0.05) is 29.5 Å². The molecule has 0 aliphatic heterocycles. The van der Waals surface area contributed by atoms with E-state index in [1.807, 2.05) is 18.2 Å². The first-order chi connectivity index (χ1) is 10.0. The number of nitrogens with two attached hydrogens (primary N) is 1. The van der Waals surface area contributed by atoms with Crippen LogP contribution in [0, 0.1) is 5.21 Å². The molecule has 0 saturated heterocycles. The van der Waals surface area contributed by atoms with Crippen molar-refractivity contribution in [3.8, 4) is 0 Å². The van der Waals surface area contributed by atoms with Crippen LogP contribution in [0.3, 0.4) is 0 Å². The van der Waals surface area contributed by atoms with Gasteiger partial charge in [-0.2, -0.15) is 5.23 Å². The molecule has 7 nitrogen and oxygen atoms in total. The highest BCUT2D eigenvalue weighted by Gasteiger charge is 2.27. The Morgan fingerprint density at radius 2 is 2.14 bits per heavy atom. The average Bonchev–Trinajstić information content (AvgIpc) is 2.77. The number of carbonyl (C=O) groups excluding carboxylic acids is 1. The van der Waals surface area contributed by atoms with Gasteiger partial charge >= 0.3 is 5.97 Å². The number of nitrogen functional groups attached to an aromatic ring is 1. The van der Waals surface area contributed by atoms with Crippen LogP contribution in [0.15, 0.2) is 30.3 Å². The molecule has 8 heteroatoms. The van der Waals surface area contributed by atoms with Crippen molar-refractivity contribution >= 4 is 38.7 Å². The van der Waals surface area contributed by atoms with Gasteiger partial charge in [-0.25, -0.2) is 10.0 Å². The number of anilines is 3. The molecule has 112 valence electrons. The van der Waals surface area contributed by atoms with E-state index in [4.69, 9.17) is 15.7 Å². The summed E-state index contributed by atoms with van der Waals surface area (Å²) in [5.41, 5.74) is 6.48. The lowest BCUT2D eigenvalue weighted by atomic mass is 10.2. The number of esters is 1. The predicted molar refractivity (Wildman–Crippen MR) is 80.2 cm³/mol. The van der Waals surface area contributed by atoms with Crippen LogP contribution in [0.2, 0.25) is 0 Å². The van der Waals surface area contributed by atoms with Gasteiger partial charge in [-0.3, -0.25) is 0 Å². The normalized spacial score (nSPS) is 12.0. The summed E-state index contributed by atoms with van der Waals surface area (Å²) in [6, 6.07) is 9.09. The molecule has 1 unspecified atom stereocenters. The maximum atomic E-state index is 12.0. The van der Waals surface area contributed by atoms with Crippen LogP contribution in [0.1, 0.15) is 17.3 Å².